The minimum Gasteiger partial charge on any atom is -0.447 e. The average molecular weight is 318 g/mol. The summed E-state index contributed by atoms with van der Waals surface area (Å²) in [5.74, 6) is 1.10. The summed E-state index contributed by atoms with van der Waals surface area (Å²) in [6.07, 6.45) is 0. The highest BCUT2D eigenvalue weighted by molar-refractivity contribution is 7.89. The van der Waals surface area contributed by atoms with Gasteiger partial charge in [-0.2, -0.15) is 0 Å². The lowest BCUT2D eigenvalue weighted by atomic mass is 9.96. The molecule has 0 saturated carbocycles. The zero-order valence-corrected chi connectivity index (χ0v) is 14.0. The van der Waals surface area contributed by atoms with Gasteiger partial charge in [-0.1, -0.05) is 27.7 Å². The van der Waals surface area contributed by atoms with Crippen LogP contribution in [0.1, 0.15) is 33.5 Å². The molecule has 1 aromatic heterocycles. The number of rotatable bonds is 9. The third-order valence-corrected chi connectivity index (χ3v) is 4.20. The normalized spacial score (nSPS) is 13.0. The van der Waals surface area contributed by atoms with Crippen LogP contribution in [0.25, 0.3) is 0 Å². The molecule has 0 atom stereocenters. The molecule has 0 amide bonds. The maximum Gasteiger partial charge on any atom is 0.273 e. The highest BCUT2D eigenvalue weighted by Gasteiger charge is 2.23. The Hall–Kier alpha value is -0.890. The Kier molecular flexibility index (Phi) is 6.40. The van der Waals surface area contributed by atoms with Crippen molar-refractivity contribution in [3.63, 3.8) is 0 Å². The van der Waals surface area contributed by atoms with E-state index in [-0.39, 0.29) is 18.2 Å². The third-order valence-electron chi connectivity index (χ3n) is 2.92. The first-order chi connectivity index (χ1) is 9.66. The Morgan fingerprint density at radius 3 is 2.57 bits per heavy atom. The number of sulfonamides is 1. The lowest BCUT2D eigenvalue weighted by Crippen LogP contribution is -2.35. The molecule has 0 bridgehead atoms. The van der Waals surface area contributed by atoms with Crippen LogP contribution in [0.4, 0.5) is 0 Å². The van der Waals surface area contributed by atoms with Crippen LogP contribution in [-0.4, -0.2) is 33.2 Å². The Balaban J connectivity index is 2.62. The second-order valence-electron chi connectivity index (χ2n) is 6.39. The smallest absolute Gasteiger partial charge is 0.273 e. The van der Waals surface area contributed by atoms with Crippen molar-refractivity contribution in [1.29, 1.82) is 0 Å². The van der Waals surface area contributed by atoms with E-state index >= 15 is 0 Å². The second kappa shape index (κ2) is 7.40. The number of aliphatic hydroxyl groups excluding tert-OH is 1. The number of hydrogen-bond acceptors (Lipinski definition) is 5. The van der Waals surface area contributed by atoms with Crippen molar-refractivity contribution >= 4 is 10.0 Å². The van der Waals surface area contributed by atoms with Crippen molar-refractivity contribution in [3.8, 4) is 0 Å². The Morgan fingerprint density at radius 1 is 1.33 bits per heavy atom. The van der Waals surface area contributed by atoms with Crippen LogP contribution in [-0.2, 0) is 16.6 Å². The predicted molar refractivity (Wildman–Crippen MR) is 81.3 cm³/mol. The van der Waals surface area contributed by atoms with E-state index in [2.05, 4.69) is 23.9 Å². The molecule has 0 aliphatic heterocycles. The molecule has 0 radical (unpaired) electrons. The molecule has 0 spiro atoms. The van der Waals surface area contributed by atoms with E-state index in [0.717, 1.165) is 6.54 Å². The van der Waals surface area contributed by atoms with Crippen LogP contribution in [0.15, 0.2) is 21.6 Å². The topological polar surface area (TPSA) is 91.6 Å². The molecule has 0 aromatic carbocycles. The van der Waals surface area contributed by atoms with Gasteiger partial charge in [0.15, 0.2) is 0 Å². The van der Waals surface area contributed by atoms with Gasteiger partial charge in [0.2, 0.25) is 5.09 Å². The minimum absolute atomic E-state index is 0.0992. The van der Waals surface area contributed by atoms with E-state index in [9.17, 15) is 8.42 Å². The van der Waals surface area contributed by atoms with Crippen molar-refractivity contribution < 1.29 is 17.9 Å². The summed E-state index contributed by atoms with van der Waals surface area (Å²) in [5, 5.41) is 12.2. The van der Waals surface area contributed by atoms with Gasteiger partial charge in [-0.25, -0.2) is 13.1 Å². The Morgan fingerprint density at radius 2 is 2.00 bits per heavy atom. The SMILES string of the molecule is CC(C)CNCc1ccc(S(=O)(=O)NCC(C)(C)CO)o1. The molecular formula is C14H26N2O4S. The fourth-order valence-corrected chi connectivity index (χ4v) is 2.69. The average Bonchev–Trinajstić information content (AvgIpc) is 2.86. The van der Waals surface area contributed by atoms with Gasteiger partial charge in [0.25, 0.3) is 10.0 Å². The first kappa shape index (κ1) is 18.2. The van der Waals surface area contributed by atoms with Gasteiger partial charge < -0.3 is 14.8 Å². The van der Waals surface area contributed by atoms with E-state index in [1.807, 2.05) is 0 Å². The molecule has 0 saturated heterocycles. The summed E-state index contributed by atoms with van der Waals surface area (Å²) in [4.78, 5) is 0. The van der Waals surface area contributed by atoms with Crippen LogP contribution in [0.2, 0.25) is 0 Å². The van der Waals surface area contributed by atoms with Crippen LogP contribution >= 0.6 is 0 Å². The van der Waals surface area contributed by atoms with Crippen molar-refractivity contribution in [2.45, 2.75) is 39.3 Å². The minimum atomic E-state index is -3.68. The third kappa shape index (κ3) is 6.17. The predicted octanol–water partition coefficient (Wildman–Crippen LogP) is 1.32. The van der Waals surface area contributed by atoms with Crippen molar-refractivity contribution in [2.75, 3.05) is 19.7 Å². The zero-order chi connectivity index (χ0) is 16.1. The van der Waals surface area contributed by atoms with Crippen LogP contribution in [0.5, 0.6) is 0 Å². The van der Waals surface area contributed by atoms with E-state index in [0.29, 0.717) is 18.2 Å². The van der Waals surface area contributed by atoms with Gasteiger partial charge in [0.05, 0.1) is 6.54 Å². The molecule has 0 fully saturated rings. The molecule has 122 valence electrons. The highest BCUT2D eigenvalue weighted by atomic mass is 32.2. The molecule has 21 heavy (non-hydrogen) atoms. The first-order valence-corrected chi connectivity index (χ1v) is 8.54. The highest BCUT2D eigenvalue weighted by Crippen LogP contribution is 2.17. The number of aliphatic hydroxyl groups is 1. The summed E-state index contributed by atoms with van der Waals surface area (Å²) in [7, 11) is -3.68. The summed E-state index contributed by atoms with van der Waals surface area (Å²) in [6.45, 7) is 9.13. The fourth-order valence-electron chi connectivity index (χ4n) is 1.50. The molecule has 6 nitrogen and oxygen atoms in total. The van der Waals surface area contributed by atoms with Gasteiger partial charge in [-0.15, -0.1) is 0 Å². The van der Waals surface area contributed by atoms with Crippen molar-refractivity contribution in [2.24, 2.45) is 11.3 Å². The Labute approximate surface area is 127 Å². The standard InChI is InChI=1S/C14H26N2O4S/c1-11(2)7-15-8-12-5-6-13(20-12)21(18,19)16-9-14(3,4)10-17/h5-6,11,15-17H,7-10H2,1-4H3. The van der Waals surface area contributed by atoms with Gasteiger partial charge >= 0.3 is 0 Å². The number of nitrogens with one attached hydrogen (secondary N) is 2. The molecule has 0 aliphatic carbocycles. The second-order valence-corrected chi connectivity index (χ2v) is 8.09. The van der Waals surface area contributed by atoms with Gasteiger partial charge in [0.1, 0.15) is 5.76 Å². The van der Waals surface area contributed by atoms with Crippen molar-refractivity contribution in [3.05, 3.63) is 17.9 Å². The van der Waals surface area contributed by atoms with E-state index in [1.165, 1.54) is 6.07 Å². The lowest BCUT2D eigenvalue weighted by molar-refractivity contribution is 0.163. The molecule has 3 N–H and O–H groups in total. The molecule has 0 unspecified atom stereocenters. The van der Waals surface area contributed by atoms with Gasteiger partial charge in [0, 0.05) is 18.6 Å². The van der Waals surface area contributed by atoms with Crippen LogP contribution in [0, 0.1) is 11.3 Å². The summed E-state index contributed by atoms with van der Waals surface area (Å²) >= 11 is 0. The quantitative estimate of drug-likeness (QED) is 0.639. The van der Waals surface area contributed by atoms with E-state index in [1.54, 1.807) is 19.9 Å². The number of furan rings is 1. The first-order valence-electron chi connectivity index (χ1n) is 7.06. The number of hydrogen-bond donors (Lipinski definition) is 3. The molecule has 0 aliphatic rings. The summed E-state index contributed by atoms with van der Waals surface area (Å²) in [5.41, 5.74) is -0.513. The van der Waals surface area contributed by atoms with E-state index in [4.69, 9.17) is 9.52 Å². The molecule has 1 rings (SSSR count). The molecular weight excluding hydrogens is 292 g/mol. The zero-order valence-electron chi connectivity index (χ0n) is 13.1. The largest absolute Gasteiger partial charge is 0.447 e. The fraction of sp³-hybridized carbons (Fsp3) is 0.714. The molecule has 7 heteroatoms. The van der Waals surface area contributed by atoms with Crippen LogP contribution < -0.4 is 10.0 Å². The Bertz CT molecular complexity index is 535. The van der Waals surface area contributed by atoms with E-state index < -0.39 is 15.4 Å². The van der Waals surface area contributed by atoms with Crippen LogP contribution in [0.3, 0.4) is 0 Å². The maximum absolute atomic E-state index is 12.1. The summed E-state index contributed by atoms with van der Waals surface area (Å²) < 4.78 is 32.0. The van der Waals surface area contributed by atoms with Gasteiger partial charge in [-0.3, -0.25) is 0 Å². The van der Waals surface area contributed by atoms with Crippen molar-refractivity contribution in [1.82, 2.24) is 10.0 Å². The molecule has 1 heterocycles. The summed E-state index contributed by atoms with van der Waals surface area (Å²) in [6, 6.07) is 3.10. The molecule has 1 aromatic rings. The lowest BCUT2D eigenvalue weighted by Gasteiger charge is -2.21. The maximum atomic E-state index is 12.1. The van der Waals surface area contributed by atoms with Gasteiger partial charge in [-0.05, 0) is 24.6 Å². The monoisotopic (exact) mass is 318 g/mol.